The van der Waals surface area contributed by atoms with Crippen LogP contribution in [-0.4, -0.2) is 34.9 Å². The fraction of sp³-hybridized carbons (Fsp3) is 0.273. The zero-order valence-corrected chi connectivity index (χ0v) is 17.9. The van der Waals surface area contributed by atoms with Gasteiger partial charge >= 0.3 is 0 Å². The van der Waals surface area contributed by atoms with Crippen LogP contribution >= 0.6 is 24.0 Å². The molecule has 1 heterocycles. The Hall–Kier alpha value is -2.31. The maximum atomic E-state index is 12.4. The molecule has 0 saturated carbocycles. The van der Waals surface area contributed by atoms with E-state index in [1.165, 1.54) is 11.8 Å². The number of amides is 1. The van der Waals surface area contributed by atoms with Gasteiger partial charge in [-0.15, -0.1) is 0 Å². The number of thiocarbonyl (C=S) groups is 1. The molecule has 2 aromatic carbocycles. The molecule has 0 spiro atoms. The number of carbonyl (C=O) groups excluding carboxylic acids is 1. The molecule has 0 N–H and O–H groups in total. The van der Waals surface area contributed by atoms with Crippen LogP contribution in [0.15, 0.2) is 47.4 Å². The molecule has 4 nitrogen and oxygen atoms in total. The van der Waals surface area contributed by atoms with Crippen molar-refractivity contribution in [2.24, 2.45) is 0 Å². The number of aryl methyl sites for hydroxylation is 2. The Kier molecular flexibility index (Phi) is 6.75. The smallest absolute Gasteiger partial charge is 0.266 e. The van der Waals surface area contributed by atoms with Crippen molar-refractivity contribution in [2.45, 2.75) is 20.8 Å². The van der Waals surface area contributed by atoms with Crippen molar-refractivity contribution >= 4 is 40.3 Å². The number of hydrogen-bond donors (Lipinski definition) is 0. The third-order valence-corrected chi connectivity index (χ3v) is 5.72. The quantitative estimate of drug-likeness (QED) is 0.364. The Morgan fingerprint density at radius 1 is 1.07 bits per heavy atom. The second-order valence-corrected chi connectivity index (χ2v) is 8.11. The van der Waals surface area contributed by atoms with Gasteiger partial charge in [0.15, 0.2) is 0 Å². The Morgan fingerprint density at radius 2 is 1.79 bits per heavy atom. The minimum atomic E-state index is -0.0504. The van der Waals surface area contributed by atoms with Gasteiger partial charge in [0.2, 0.25) is 0 Å². The van der Waals surface area contributed by atoms with Gasteiger partial charge in [-0.1, -0.05) is 54.3 Å². The first-order valence-electron chi connectivity index (χ1n) is 9.17. The number of ether oxygens (including phenoxy) is 2. The molecule has 6 heteroatoms. The number of rotatable bonds is 7. The van der Waals surface area contributed by atoms with Crippen LogP contribution in [0.1, 0.15) is 23.6 Å². The molecule has 0 unspecified atom stereocenters. The molecule has 0 aromatic heterocycles. The number of thioether (sulfide) groups is 1. The predicted octanol–water partition coefficient (Wildman–Crippen LogP) is 4.98. The fourth-order valence-corrected chi connectivity index (χ4v) is 4.19. The normalized spacial score (nSPS) is 15.4. The number of benzene rings is 2. The van der Waals surface area contributed by atoms with Crippen LogP contribution in [0.4, 0.5) is 0 Å². The third-order valence-electron chi connectivity index (χ3n) is 4.34. The van der Waals surface area contributed by atoms with Crippen LogP contribution in [0.3, 0.4) is 0 Å². The summed E-state index contributed by atoms with van der Waals surface area (Å²) in [7, 11) is 0. The molecule has 0 atom stereocenters. The van der Waals surface area contributed by atoms with E-state index >= 15 is 0 Å². The molecule has 1 amide bonds. The first-order valence-corrected chi connectivity index (χ1v) is 10.4. The first-order chi connectivity index (χ1) is 13.5. The van der Waals surface area contributed by atoms with Crippen LogP contribution in [0.25, 0.3) is 6.08 Å². The molecule has 1 aliphatic heterocycles. The van der Waals surface area contributed by atoms with E-state index in [9.17, 15) is 4.79 Å². The van der Waals surface area contributed by atoms with Gasteiger partial charge in [-0.2, -0.15) is 0 Å². The molecular formula is C22H23NO3S2. The van der Waals surface area contributed by atoms with Gasteiger partial charge in [-0.25, -0.2) is 0 Å². The standard InChI is InChI=1S/C22H23NO3S2/c1-4-23-21(24)20(28-22(23)27)14-17-7-5-6-8-18(17)25-11-12-26-19-13-15(2)9-10-16(19)3/h5-10,13-14H,4,11-12H2,1-3H3. The Morgan fingerprint density at radius 3 is 2.50 bits per heavy atom. The number of likely N-dealkylation sites (N-methyl/N-ethyl adjacent to an activating group) is 1. The van der Waals surface area contributed by atoms with E-state index in [0.29, 0.717) is 34.7 Å². The topological polar surface area (TPSA) is 38.8 Å². The van der Waals surface area contributed by atoms with Crippen molar-refractivity contribution in [3.63, 3.8) is 0 Å². The molecule has 1 fully saturated rings. The molecule has 0 aliphatic carbocycles. The molecule has 1 aliphatic rings. The van der Waals surface area contributed by atoms with E-state index in [1.807, 2.05) is 63.2 Å². The van der Waals surface area contributed by atoms with Crippen molar-refractivity contribution < 1.29 is 14.3 Å². The average Bonchev–Trinajstić information content (AvgIpc) is 2.95. The van der Waals surface area contributed by atoms with Gasteiger partial charge in [0.1, 0.15) is 29.0 Å². The summed E-state index contributed by atoms with van der Waals surface area (Å²) in [6, 6.07) is 13.8. The Balaban J connectivity index is 1.65. The van der Waals surface area contributed by atoms with Gasteiger partial charge in [-0.3, -0.25) is 9.69 Å². The lowest BCUT2D eigenvalue weighted by molar-refractivity contribution is -0.121. The van der Waals surface area contributed by atoms with Gasteiger partial charge in [0, 0.05) is 12.1 Å². The van der Waals surface area contributed by atoms with Gasteiger partial charge in [0.25, 0.3) is 5.91 Å². The van der Waals surface area contributed by atoms with E-state index in [4.69, 9.17) is 21.7 Å². The minimum Gasteiger partial charge on any atom is -0.490 e. The summed E-state index contributed by atoms with van der Waals surface area (Å²) in [5.41, 5.74) is 3.12. The highest BCUT2D eigenvalue weighted by Gasteiger charge is 2.30. The summed E-state index contributed by atoms with van der Waals surface area (Å²) in [6.07, 6.45) is 1.84. The highest BCUT2D eigenvalue weighted by atomic mass is 32.2. The number of para-hydroxylation sites is 1. The minimum absolute atomic E-state index is 0.0504. The lowest BCUT2D eigenvalue weighted by atomic mass is 10.1. The second kappa shape index (κ2) is 9.26. The first kappa shape index (κ1) is 20.4. The highest BCUT2D eigenvalue weighted by Crippen LogP contribution is 2.34. The van der Waals surface area contributed by atoms with Crippen molar-refractivity contribution in [3.8, 4) is 11.5 Å². The third kappa shape index (κ3) is 4.75. The van der Waals surface area contributed by atoms with E-state index in [0.717, 1.165) is 22.4 Å². The van der Waals surface area contributed by atoms with Crippen molar-refractivity contribution in [3.05, 3.63) is 64.1 Å². The number of carbonyl (C=O) groups is 1. The van der Waals surface area contributed by atoms with Crippen LogP contribution < -0.4 is 9.47 Å². The molecule has 1 saturated heterocycles. The lowest BCUT2D eigenvalue weighted by Gasteiger charge is -2.12. The monoisotopic (exact) mass is 413 g/mol. The largest absolute Gasteiger partial charge is 0.490 e. The molecular weight excluding hydrogens is 390 g/mol. The molecule has 0 radical (unpaired) electrons. The van der Waals surface area contributed by atoms with Crippen LogP contribution in [-0.2, 0) is 4.79 Å². The van der Waals surface area contributed by atoms with E-state index < -0.39 is 0 Å². The second-order valence-electron chi connectivity index (χ2n) is 6.43. The maximum absolute atomic E-state index is 12.4. The molecule has 3 rings (SSSR count). The SMILES string of the molecule is CCN1C(=O)C(=Cc2ccccc2OCCOc2cc(C)ccc2C)SC1=S. The van der Waals surface area contributed by atoms with Crippen molar-refractivity contribution in [1.82, 2.24) is 4.90 Å². The molecule has 0 bridgehead atoms. The predicted molar refractivity (Wildman–Crippen MR) is 119 cm³/mol. The number of hydrogen-bond acceptors (Lipinski definition) is 5. The summed E-state index contributed by atoms with van der Waals surface area (Å²) >= 11 is 6.60. The molecule has 146 valence electrons. The zero-order valence-electron chi connectivity index (χ0n) is 16.2. The van der Waals surface area contributed by atoms with Crippen LogP contribution in [0.2, 0.25) is 0 Å². The highest BCUT2D eigenvalue weighted by molar-refractivity contribution is 8.26. The zero-order chi connectivity index (χ0) is 20.1. The van der Waals surface area contributed by atoms with E-state index in [2.05, 4.69) is 6.07 Å². The summed E-state index contributed by atoms with van der Waals surface area (Å²) < 4.78 is 12.4. The van der Waals surface area contributed by atoms with Crippen molar-refractivity contribution in [1.29, 1.82) is 0 Å². The summed E-state index contributed by atoms with van der Waals surface area (Å²) in [5, 5.41) is 0. The maximum Gasteiger partial charge on any atom is 0.266 e. The molecule has 2 aromatic rings. The Labute approximate surface area is 175 Å². The Bertz CT molecular complexity index is 924. The van der Waals surface area contributed by atoms with Crippen molar-refractivity contribution in [2.75, 3.05) is 19.8 Å². The van der Waals surface area contributed by atoms with Crippen LogP contribution in [0, 0.1) is 13.8 Å². The summed E-state index contributed by atoms with van der Waals surface area (Å²) in [4.78, 5) is 14.7. The van der Waals surface area contributed by atoms with E-state index in [-0.39, 0.29) is 5.91 Å². The molecule has 28 heavy (non-hydrogen) atoms. The summed E-state index contributed by atoms with van der Waals surface area (Å²) in [6.45, 7) is 7.42. The fourth-order valence-electron chi connectivity index (χ4n) is 2.81. The van der Waals surface area contributed by atoms with Gasteiger partial charge < -0.3 is 9.47 Å². The van der Waals surface area contributed by atoms with Gasteiger partial charge in [0.05, 0.1) is 4.91 Å². The average molecular weight is 414 g/mol. The van der Waals surface area contributed by atoms with E-state index in [1.54, 1.807) is 4.90 Å². The summed E-state index contributed by atoms with van der Waals surface area (Å²) in [5.74, 6) is 1.54. The van der Waals surface area contributed by atoms with Crippen LogP contribution in [0.5, 0.6) is 11.5 Å². The van der Waals surface area contributed by atoms with Gasteiger partial charge in [-0.05, 0) is 50.1 Å². The number of nitrogens with zero attached hydrogens (tertiary/aromatic N) is 1. The lowest BCUT2D eigenvalue weighted by Crippen LogP contribution is -2.27.